The third-order valence-corrected chi connectivity index (χ3v) is 6.11. The molecule has 3 rings (SSSR count). The molecule has 180 valence electrons. The predicted octanol–water partition coefficient (Wildman–Crippen LogP) is 4.24. The SMILES string of the molecule is CCOc1cc(/C=C2/C(=O)N(c3ccc(OC)cc3)C(=S)N2CC(=O)OC)cc(I)c1OCC. The van der Waals surface area contributed by atoms with Crippen molar-refractivity contribution in [2.75, 3.05) is 38.9 Å². The van der Waals surface area contributed by atoms with Crippen LogP contribution in [-0.4, -0.2) is 55.9 Å². The highest BCUT2D eigenvalue weighted by atomic mass is 127. The number of carbonyl (C=O) groups is 2. The number of thiocarbonyl (C=S) groups is 1. The largest absolute Gasteiger partial charge is 0.497 e. The van der Waals surface area contributed by atoms with Gasteiger partial charge in [-0.1, -0.05) is 0 Å². The lowest BCUT2D eigenvalue weighted by atomic mass is 10.1. The zero-order valence-corrected chi connectivity index (χ0v) is 22.3. The Morgan fingerprint density at radius 2 is 1.76 bits per heavy atom. The van der Waals surface area contributed by atoms with E-state index in [4.69, 9.17) is 31.2 Å². The highest BCUT2D eigenvalue weighted by Gasteiger charge is 2.40. The van der Waals surface area contributed by atoms with Crippen LogP contribution in [0.25, 0.3) is 6.08 Å². The molecule has 0 aromatic heterocycles. The first-order chi connectivity index (χ1) is 16.3. The van der Waals surface area contributed by atoms with E-state index in [9.17, 15) is 9.59 Å². The fraction of sp³-hybridized carbons (Fsp3) is 0.292. The summed E-state index contributed by atoms with van der Waals surface area (Å²) in [4.78, 5) is 28.5. The molecule has 2 aromatic carbocycles. The maximum atomic E-state index is 13.5. The van der Waals surface area contributed by atoms with Crippen LogP contribution in [0.5, 0.6) is 17.2 Å². The highest BCUT2D eigenvalue weighted by Crippen LogP contribution is 2.36. The molecule has 1 saturated heterocycles. The van der Waals surface area contributed by atoms with E-state index < -0.39 is 5.97 Å². The second-order valence-electron chi connectivity index (χ2n) is 7.01. The number of benzene rings is 2. The molecule has 0 radical (unpaired) electrons. The van der Waals surface area contributed by atoms with E-state index >= 15 is 0 Å². The van der Waals surface area contributed by atoms with Crippen molar-refractivity contribution in [1.29, 1.82) is 0 Å². The second kappa shape index (κ2) is 11.5. The molecule has 1 aliphatic rings. The molecule has 0 bridgehead atoms. The minimum atomic E-state index is -0.520. The van der Waals surface area contributed by atoms with Crippen molar-refractivity contribution >= 4 is 63.6 Å². The van der Waals surface area contributed by atoms with Gasteiger partial charge in [-0.3, -0.25) is 14.5 Å². The van der Waals surface area contributed by atoms with E-state index in [0.717, 1.165) is 3.57 Å². The van der Waals surface area contributed by atoms with Crippen LogP contribution in [0, 0.1) is 3.57 Å². The lowest BCUT2D eigenvalue weighted by Gasteiger charge is -2.19. The summed E-state index contributed by atoms with van der Waals surface area (Å²) in [5.41, 5.74) is 1.51. The molecule has 0 saturated carbocycles. The standard InChI is InChI=1S/C24H25IN2O6S/c1-5-32-20-13-15(11-18(25)22(20)33-6-2)12-19-23(29)27(16-7-9-17(30-3)10-8-16)24(34)26(19)14-21(28)31-4/h7-13H,5-6,14H2,1-4H3/b19-12-. The summed E-state index contributed by atoms with van der Waals surface area (Å²) in [5, 5.41) is 0.178. The van der Waals surface area contributed by atoms with Crippen molar-refractivity contribution in [3.8, 4) is 17.2 Å². The third-order valence-electron chi connectivity index (χ3n) is 4.90. The first-order valence-corrected chi connectivity index (χ1v) is 12.0. The number of anilines is 1. The monoisotopic (exact) mass is 596 g/mol. The molecule has 1 amide bonds. The molecule has 1 fully saturated rings. The number of esters is 1. The number of hydrogen-bond donors (Lipinski definition) is 0. The van der Waals surface area contributed by atoms with Crippen LogP contribution >= 0.6 is 34.8 Å². The van der Waals surface area contributed by atoms with E-state index in [-0.39, 0.29) is 23.3 Å². The van der Waals surface area contributed by atoms with Gasteiger partial charge in [0.05, 0.1) is 36.7 Å². The number of rotatable bonds is 9. The summed E-state index contributed by atoms with van der Waals surface area (Å²) in [5.74, 6) is 0.986. The van der Waals surface area contributed by atoms with E-state index in [0.29, 0.717) is 41.7 Å². The van der Waals surface area contributed by atoms with Crippen LogP contribution in [0.3, 0.4) is 0 Å². The average Bonchev–Trinajstić information content (AvgIpc) is 3.05. The summed E-state index contributed by atoms with van der Waals surface area (Å²) >= 11 is 7.76. The minimum absolute atomic E-state index is 0.178. The van der Waals surface area contributed by atoms with Crippen molar-refractivity contribution in [1.82, 2.24) is 4.90 Å². The Labute approximate surface area is 217 Å². The molecular weight excluding hydrogens is 571 g/mol. The maximum Gasteiger partial charge on any atom is 0.325 e. The number of halogens is 1. The summed E-state index contributed by atoms with van der Waals surface area (Å²) in [6.07, 6.45) is 1.68. The van der Waals surface area contributed by atoms with E-state index in [2.05, 4.69) is 22.6 Å². The average molecular weight is 596 g/mol. The quantitative estimate of drug-likeness (QED) is 0.184. The first kappa shape index (κ1) is 25.8. The van der Waals surface area contributed by atoms with Gasteiger partial charge in [0.2, 0.25) is 0 Å². The Morgan fingerprint density at radius 1 is 1.09 bits per heavy atom. The summed E-state index contributed by atoms with van der Waals surface area (Å²) in [6, 6.07) is 10.6. The predicted molar refractivity (Wildman–Crippen MR) is 141 cm³/mol. The highest BCUT2D eigenvalue weighted by molar-refractivity contribution is 14.1. The summed E-state index contributed by atoms with van der Waals surface area (Å²) in [7, 11) is 2.85. The van der Waals surface area contributed by atoms with Crippen LogP contribution in [-0.2, 0) is 14.3 Å². The smallest absolute Gasteiger partial charge is 0.325 e. The first-order valence-electron chi connectivity index (χ1n) is 10.5. The molecule has 8 nitrogen and oxygen atoms in total. The number of methoxy groups -OCH3 is 2. The van der Waals surface area contributed by atoms with Crippen molar-refractivity contribution in [2.24, 2.45) is 0 Å². The topological polar surface area (TPSA) is 77.5 Å². The number of nitrogens with zero attached hydrogens (tertiary/aromatic N) is 2. The Kier molecular flexibility index (Phi) is 8.72. The lowest BCUT2D eigenvalue weighted by molar-refractivity contribution is -0.140. The van der Waals surface area contributed by atoms with Crippen LogP contribution < -0.4 is 19.1 Å². The number of amides is 1. The van der Waals surface area contributed by atoms with E-state index in [1.54, 1.807) is 43.5 Å². The van der Waals surface area contributed by atoms with Gasteiger partial charge >= 0.3 is 5.97 Å². The fourth-order valence-electron chi connectivity index (χ4n) is 3.36. The lowest BCUT2D eigenvalue weighted by Crippen LogP contribution is -2.35. The molecular formula is C24H25IN2O6S. The third kappa shape index (κ3) is 5.44. The zero-order chi connectivity index (χ0) is 24.8. The van der Waals surface area contributed by atoms with E-state index in [1.165, 1.54) is 16.9 Å². The van der Waals surface area contributed by atoms with Crippen LogP contribution in [0.4, 0.5) is 5.69 Å². The molecule has 0 atom stereocenters. The Bertz CT molecular complexity index is 1120. The van der Waals surface area contributed by atoms with Crippen molar-refractivity contribution < 1.29 is 28.5 Å². The number of ether oxygens (including phenoxy) is 4. The van der Waals surface area contributed by atoms with Crippen molar-refractivity contribution in [2.45, 2.75) is 13.8 Å². The van der Waals surface area contributed by atoms with Gasteiger partial charge in [-0.05, 0) is 96.7 Å². The van der Waals surface area contributed by atoms with Gasteiger partial charge in [-0.25, -0.2) is 0 Å². The van der Waals surface area contributed by atoms with Gasteiger partial charge < -0.3 is 23.8 Å². The zero-order valence-electron chi connectivity index (χ0n) is 19.3. The molecule has 0 N–H and O–H groups in total. The molecule has 1 aliphatic heterocycles. The summed E-state index contributed by atoms with van der Waals surface area (Å²) in [6.45, 7) is 4.54. The van der Waals surface area contributed by atoms with Gasteiger partial charge in [0.15, 0.2) is 16.6 Å². The Balaban J connectivity index is 2.08. The fourth-order valence-corrected chi connectivity index (χ4v) is 4.49. The minimum Gasteiger partial charge on any atom is -0.497 e. The second-order valence-corrected chi connectivity index (χ2v) is 8.54. The van der Waals surface area contributed by atoms with Crippen molar-refractivity contribution in [3.63, 3.8) is 0 Å². The Hall–Kier alpha value is -2.86. The molecule has 0 unspecified atom stereocenters. The maximum absolute atomic E-state index is 13.5. The number of hydrogen-bond acceptors (Lipinski definition) is 7. The molecule has 0 aliphatic carbocycles. The summed E-state index contributed by atoms with van der Waals surface area (Å²) < 4.78 is 22.4. The molecule has 2 aromatic rings. The molecule has 34 heavy (non-hydrogen) atoms. The van der Waals surface area contributed by atoms with Gasteiger partial charge in [-0.15, -0.1) is 0 Å². The van der Waals surface area contributed by atoms with Crippen molar-refractivity contribution in [3.05, 3.63) is 51.2 Å². The molecule has 10 heteroatoms. The van der Waals surface area contributed by atoms with Crippen LogP contribution in [0.2, 0.25) is 0 Å². The van der Waals surface area contributed by atoms with Gasteiger partial charge in [0, 0.05) is 0 Å². The van der Waals surface area contributed by atoms with Gasteiger partial charge in [-0.2, -0.15) is 0 Å². The molecule has 1 heterocycles. The normalized spacial score (nSPS) is 14.6. The van der Waals surface area contributed by atoms with Crippen LogP contribution in [0.1, 0.15) is 19.4 Å². The molecule has 0 spiro atoms. The van der Waals surface area contributed by atoms with Gasteiger partial charge in [0.25, 0.3) is 5.91 Å². The number of carbonyl (C=O) groups excluding carboxylic acids is 2. The van der Waals surface area contributed by atoms with E-state index in [1.807, 2.05) is 19.9 Å². The Morgan fingerprint density at radius 3 is 2.35 bits per heavy atom. The van der Waals surface area contributed by atoms with Crippen LogP contribution in [0.15, 0.2) is 42.1 Å². The van der Waals surface area contributed by atoms with Gasteiger partial charge in [0.1, 0.15) is 18.0 Å².